The van der Waals surface area contributed by atoms with Crippen molar-refractivity contribution in [2.24, 2.45) is 0 Å². The van der Waals surface area contributed by atoms with Crippen LogP contribution in [0.3, 0.4) is 0 Å². The van der Waals surface area contributed by atoms with Gasteiger partial charge >= 0.3 is 5.97 Å². The summed E-state index contributed by atoms with van der Waals surface area (Å²) in [6.45, 7) is 0. The number of rotatable bonds is 5. The lowest BCUT2D eigenvalue weighted by Crippen LogP contribution is -2.43. The molecule has 0 bridgehead atoms. The largest absolute Gasteiger partial charge is 0.467 e. The molecular formula is C25H22N2O3. The maximum atomic E-state index is 13.3. The first kappa shape index (κ1) is 19.6. The third-order valence-corrected chi connectivity index (χ3v) is 5.15. The fourth-order valence-electron chi connectivity index (χ4n) is 3.60. The number of benzene rings is 2. The molecule has 150 valence electrons. The minimum absolute atomic E-state index is 0.336. The van der Waals surface area contributed by atoms with Crippen LogP contribution in [0.2, 0.25) is 0 Å². The second kappa shape index (κ2) is 8.74. The van der Waals surface area contributed by atoms with Crippen LogP contribution in [0.15, 0.2) is 84.5 Å². The second-order valence-corrected chi connectivity index (χ2v) is 7.06. The van der Waals surface area contributed by atoms with Gasteiger partial charge in [0.05, 0.1) is 23.9 Å². The summed E-state index contributed by atoms with van der Waals surface area (Å²) in [5.41, 5.74) is 3.65. The molecule has 0 radical (unpaired) electrons. The van der Waals surface area contributed by atoms with Crippen molar-refractivity contribution in [1.29, 1.82) is 0 Å². The molecule has 0 spiro atoms. The molecule has 1 aromatic heterocycles. The number of para-hydroxylation sites is 1. The van der Waals surface area contributed by atoms with Crippen LogP contribution in [-0.2, 0) is 9.53 Å². The number of fused-ring (bicyclic) bond motifs is 1. The molecule has 0 fully saturated rings. The van der Waals surface area contributed by atoms with E-state index < -0.39 is 12.0 Å². The zero-order valence-electron chi connectivity index (χ0n) is 16.7. The highest BCUT2D eigenvalue weighted by Gasteiger charge is 2.27. The normalized spacial score (nSPS) is 14.1. The Kier molecular flexibility index (Phi) is 5.70. The summed E-state index contributed by atoms with van der Waals surface area (Å²) in [4.78, 5) is 30.5. The third-order valence-electron chi connectivity index (χ3n) is 5.15. The van der Waals surface area contributed by atoms with E-state index in [1.807, 2.05) is 72.8 Å². The summed E-state index contributed by atoms with van der Waals surface area (Å²) < 4.78 is 4.95. The number of esters is 1. The lowest BCUT2D eigenvalue weighted by molar-refractivity contribution is -0.141. The van der Waals surface area contributed by atoms with E-state index in [2.05, 4.69) is 5.32 Å². The molecule has 0 aliphatic heterocycles. The number of carbonyl (C=O) groups is 2. The van der Waals surface area contributed by atoms with Gasteiger partial charge in [0.2, 0.25) is 0 Å². The van der Waals surface area contributed by atoms with Gasteiger partial charge in [-0.15, -0.1) is 0 Å². The van der Waals surface area contributed by atoms with Crippen molar-refractivity contribution in [3.63, 3.8) is 0 Å². The average Bonchev–Trinajstić information content (AvgIpc) is 2.82. The smallest absolute Gasteiger partial charge is 0.332 e. The Morgan fingerprint density at radius 3 is 2.53 bits per heavy atom. The number of aromatic nitrogens is 1. The lowest BCUT2D eigenvalue weighted by atomic mass is 9.97. The maximum Gasteiger partial charge on any atom is 0.332 e. The third kappa shape index (κ3) is 4.01. The maximum absolute atomic E-state index is 13.3. The first-order valence-corrected chi connectivity index (χ1v) is 9.85. The van der Waals surface area contributed by atoms with Crippen molar-refractivity contribution in [1.82, 2.24) is 10.3 Å². The van der Waals surface area contributed by atoms with E-state index in [-0.39, 0.29) is 5.91 Å². The van der Waals surface area contributed by atoms with Gasteiger partial charge in [0.25, 0.3) is 5.91 Å². The number of methoxy groups -OCH3 is 1. The summed E-state index contributed by atoms with van der Waals surface area (Å²) in [5.74, 6) is -0.817. The van der Waals surface area contributed by atoms with E-state index in [4.69, 9.17) is 9.72 Å². The molecular weight excluding hydrogens is 376 g/mol. The zero-order valence-corrected chi connectivity index (χ0v) is 16.7. The molecule has 0 saturated heterocycles. The summed E-state index contributed by atoms with van der Waals surface area (Å²) in [7, 11) is 1.33. The van der Waals surface area contributed by atoms with Gasteiger partial charge < -0.3 is 10.1 Å². The molecule has 1 amide bonds. The minimum atomic E-state index is -0.820. The quantitative estimate of drug-likeness (QED) is 0.509. The van der Waals surface area contributed by atoms with Crippen LogP contribution in [0.4, 0.5) is 0 Å². The van der Waals surface area contributed by atoms with Crippen LogP contribution in [0.5, 0.6) is 0 Å². The van der Waals surface area contributed by atoms with Crippen LogP contribution >= 0.6 is 0 Å². The molecule has 1 N–H and O–H groups in total. The van der Waals surface area contributed by atoms with Crippen LogP contribution < -0.4 is 5.32 Å². The van der Waals surface area contributed by atoms with Gasteiger partial charge in [-0.05, 0) is 30.5 Å². The number of pyridine rings is 1. The average molecular weight is 398 g/mol. The lowest BCUT2D eigenvalue weighted by Gasteiger charge is -2.21. The number of carbonyl (C=O) groups excluding carboxylic acids is 2. The number of hydrogen-bond acceptors (Lipinski definition) is 4. The van der Waals surface area contributed by atoms with Crippen molar-refractivity contribution in [2.75, 3.05) is 7.11 Å². The Morgan fingerprint density at radius 2 is 1.80 bits per heavy atom. The van der Waals surface area contributed by atoms with Gasteiger partial charge in [-0.2, -0.15) is 0 Å². The molecule has 1 aliphatic rings. The predicted molar refractivity (Wildman–Crippen MR) is 117 cm³/mol. The van der Waals surface area contributed by atoms with Gasteiger partial charge in [0.1, 0.15) is 6.04 Å². The summed E-state index contributed by atoms with van der Waals surface area (Å²) in [6.07, 6.45) is 7.32. The fourth-order valence-corrected chi connectivity index (χ4v) is 3.60. The Labute approximate surface area is 175 Å². The molecule has 30 heavy (non-hydrogen) atoms. The van der Waals surface area contributed by atoms with Crippen molar-refractivity contribution in [3.8, 4) is 11.3 Å². The Morgan fingerprint density at radius 1 is 1.03 bits per heavy atom. The van der Waals surface area contributed by atoms with Gasteiger partial charge in [-0.25, -0.2) is 9.78 Å². The topological polar surface area (TPSA) is 68.3 Å². The first-order chi connectivity index (χ1) is 14.7. The number of ether oxygens (including phenoxy) is 1. The standard InChI is InChI=1S/C25H22N2O3/c1-30-25(29)23(18-12-6-3-7-13-18)27-24(28)20-16-22(17-10-4-2-5-11-17)26-21-15-9-8-14-19(20)21/h2-6,8-11,13-16,23H,7,12H2,1H3,(H,27,28). The number of nitrogens with zero attached hydrogens (tertiary/aromatic N) is 1. The van der Waals surface area contributed by atoms with E-state index in [0.717, 1.165) is 28.5 Å². The van der Waals surface area contributed by atoms with Crippen molar-refractivity contribution >= 4 is 22.8 Å². The van der Waals surface area contributed by atoms with Crippen molar-refractivity contribution in [2.45, 2.75) is 18.9 Å². The molecule has 1 unspecified atom stereocenters. The molecule has 5 nitrogen and oxygen atoms in total. The highest BCUT2D eigenvalue weighted by Crippen LogP contribution is 2.25. The Bertz CT molecular complexity index is 1150. The molecule has 3 aromatic rings. The molecule has 4 rings (SSSR count). The van der Waals surface area contributed by atoms with Crippen LogP contribution in [0, 0.1) is 0 Å². The molecule has 0 saturated carbocycles. The molecule has 5 heteroatoms. The van der Waals surface area contributed by atoms with Gasteiger partial charge in [-0.3, -0.25) is 4.79 Å². The number of nitrogens with one attached hydrogen (secondary N) is 1. The summed E-state index contributed by atoms with van der Waals surface area (Å²) >= 11 is 0. The van der Waals surface area contributed by atoms with E-state index in [9.17, 15) is 9.59 Å². The highest BCUT2D eigenvalue weighted by atomic mass is 16.5. The Balaban J connectivity index is 1.74. The zero-order chi connectivity index (χ0) is 20.9. The first-order valence-electron chi connectivity index (χ1n) is 9.85. The summed E-state index contributed by atoms with van der Waals surface area (Å²) in [5, 5.41) is 3.61. The SMILES string of the molecule is COC(=O)C(NC(=O)c1cc(-c2ccccc2)nc2ccccc12)C1=CCC=CC1. The predicted octanol–water partition coefficient (Wildman–Crippen LogP) is 4.45. The number of hydrogen-bond donors (Lipinski definition) is 1. The Hall–Kier alpha value is -3.73. The molecule has 1 aliphatic carbocycles. The van der Waals surface area contributed by atoms with Crippen LogP contribution in [-0.4, -0.2) is 30.0 Å². The molecule has 2 aromatic carbocycles. The van der Waals surface area contributed by atoms with E-state index in [1.165, 1.54) is 7.11 Å². The van der Waals surface area contributed by atoms with Gasteiger partial charge in [0, 0.05) is 10.9 Å². The van der Waals surface area contributed by atoms with Crippen LogP contribution in [0.1, 0.15) is 23.2 Å². The van der Waals surface area contributed by atoms with Crippen LogP contribution in [0.25, 0.3) is 22.2 Å². The van der Waals surface area contributed by atoms with E-state index in [0.29, 0.717) is 17.7 Å². The molecule has 1 atom stereocenters. The number of amides is 1. The van der Waals surface area contributed by atoms with E-state index in [1.54, 1.807) is 6.07 Å². The minimum Gasteiger partial charge on any atom is -0.467 e. The number of allylic oxidation sites excluding steroid dienone is 3. The van der Waals surface area contributed by atoms with Gasteiger partial charge in [0.15, 0.2) is 0 Å². The monoisotopic (exact) mass is 398 g/mol. The second-order valence-electron chi connectivity index (χ2n) is 7.06. The van der Waals surface area contributed by atoms with E-state index >= 15 is 0 Å². The van der Waals surface area contributed by atoms with Gasteiger partial charge in [-0.1, -0.05) is 66.8 Å². The van der Waals surface area contributed by atoms with Crippen molar-refractivity contribution in [3.05, 3.63) is 90.0 Å². The highest BCUT2D eigenvalue weighted by molar-refractivity contribution is 6.08. The fraction of sp³-hybridized carbons (Fsp3) is 0.160. The molecule has 1 heterocycles. The summed E-state index contributed by atoms with van der Waals surface area (Å²) in [6, 6.07) is 18.2. The van der Waals surface area contributed by atoms with Crippen molar-refractivity contribution < 1.29 is 14.3 Å².